The molecule has 7 nitrogen and oxygen atoms in total. The highest BCUT2D eigenvalue weighted by Crippen LogP contribution is 2.16. The SMILES string of the molecule is CC(C)n1nc2c(cc1=O)CN(C[C@H](O)COCc1ccco1)CC2. The molecule has 25 heavy (non-hydrogen) atoms. The van der Waals surface area contributed by atoms with Crippen molar-refractivity contribution in [3.8, 4) is 0 Å². The summed E-state index contributed by atoms with van der Waals surface area (Å²) in [5, 5.41) is 14.7. The van der Waals surface area contributed by atoms with Crippen molar-refractivity contribution in [3.05, 3.63) is 51.8 Å². The molecule has 1 aliphatic rings. The summed E-state index contributed by atoms with van der Waals surface area (Å²) < 4.78 is 12.2. The lowest BCUT2D eigenvalue weighted by molar-refractivity contribution is 0.00294. The fraction of sp³-hybridized carbons (Fsp3) is 0.556. The van der Waals surface area contributed by atoms with Crippen LogP contribution in [0.15, 0.2) is 33.7 Å². The van der Waals surface area contributed by atoms with Gasteiger partial charge in [0.15, 0.2) is 0 Å². The third kappa shape index (κ3) is 4.56. The van der Waals surface area contributed by atoms with Gasteiger partial charge < -0.3 is 14.3 Å². The van der Waals surface area contributed by atoms with Gasteiger partial charge in [0.1, 0.15) is 12.4 Å². The number of fused-ring (bicyclic) bond motifs is 1. The van der Waals surface area contributed by atoms with Gasteiger partial charge in [0.2, 0.25) is 0 Å². The molecule has 7 heteroatoms. The Hall–Kier alpha value is -1.96. The van der Waals surface area contributed by atoms with Gasteiger partial charge in [-0.25, -0.2) is 4.68 Å². The van der Waals surface area contributed by atoms with Crippen molar-refractivity contribution >= 4 is 0 Å². The lowest BCUT2D eigenvalue weighted by Gasteiger charge is -2.30. The molecule has 3 rings (SSSR count). The van der Waals surface area contributed by atoms with Gasteiger partial charge in [-0.1, -0.05) is 0 Å². The summed E-state index contributed by atoms with van der Waals surface area (Å²) in [7, 11) is 0. The van der Waals surface area contributed by atoms with Crippen LogP contribution in [-0.4, -0.2) is 45.6 Å². The predicted octanol–water partition coefficient (Wildman–Crippen LogP) is 1.35. The van der Waals surface area contributed by atoms with E-state index in [4.69, 9.17) is 9.15 Å². The number of β-amino-alcohol motifs (C(OH)–C–C–N with tert-alkyl or cyclic N) is 1. The van der Waals surface area contributed by atoms with E-state index in [1.165, 1.54) is 4.68 Å². The first-order chi connectivity index (χ1) is 12.0. The topological polar surface area (TPSA) is 80.7 Å². The van der Waals surface area contributed by atoms with Crippen molar-refractivity contribution in [1.82, 2.24) is 14.7 Å². The third-order valence-electron chi connectivity index (χ3n) is 4.27. The second-order valence-electron chi connectivity index (χ2n) is 6.73. The van der Waals surface area contributed by atoms with Crippen LogP contribution < -0.4 is 5.56 Å². The molecule has 2 aromatic heterocycles. The van der Waals surface area contributed by atoms with Crippen LogP contribution in [0.2, 0.25) is 0 Å². The number of hydrogen-bond acceptors (Lipinski definition) is 6. The quantitative estimate of drug-likeness (QED) is 0.814. The van der Waals surface area contributed by atoms with E-state index >= 15 is 0 Å². The van der Waals surface area contributed by atoms with Crippen LogP contribution in [-0.2, 0) is 24.3 Å². The van der Waals surface area contributed by atoms with Crippen LogP contribution in [0, 0.1) is 0 Å². The summed E-state index contributed by atoms with van der Waals surface area (Å²) in [6, 6.07) is 5.38. The highest BCUT2D eigenvalue weighted by Gasteiger charge is 2.21. The van der Waals surface area contributed by atoms with Gasteiger partial charge in [0, 0.05) is 32.1 Å². The van der Waals surface area contributed by atoms with Crippen LogP contribution in [0.4, 0.5) is 0 Å². The molecule has 1 aliphatic heterocycles. The Labute approximate surface area is 146 Å². The molecule has 0 aromatic carbocycles. The van der Waals surface area contributed by atoms with E-state index in [0.29, 0.717) is 19.7 Å². The number of ether oxygens (including phenoxy) is 1. The molecule has 3 heterocycles. The van der Waals surface area contributed by atoms with Gasteiger partial charge in [0.05, 0.1) is 30.7 Å². The first-order valence-electron chi connectivity index (χ1n) is 8.65. The van der Waals surface area contributed by atoms with Crippen molar-refractivity contribution in [2.45, 2.75) is 45.6 Å². The molecule has 0 spiro atoms. The highest BCUT2D eigenvalue weighted by molar-refractivity contribution is 5.20. The summed E-state index contributed by atoms with van der Waals surface area (Å²) in [6.45, 7) is 6.45. The lowest BCUT2D eigenvalue weighted by atomic mass is 10.1. The number of nitrogens with zero attached hydrogens (tertiary/aromatic N) is 3. The minimum atomic E-state index is -0.583. The number of aliphatic hydroxyl groups is 1. The molecule has 0 radical (unpaired) electrons. The Morgan fingerprint density at radius 3 is 3.00 bits per heavy atom. The molecular formula is C18H25N3O4. The monoisotopic (exact) mass is 347 g/mol. The molecule has 0 bridgehead atoms. The average Bonchev–Trinajstić information content (AvgIpc) is 3.07. The average molecular weight is 347 g/mol. The minimum Gasteiger partial charge on any atom is -0.467 e. The third-order valence-corrected chi connectivity index (χ3v) is 4.27. The molecule has 0 unspecified atom stereocenters. The van der Waals surface area contributed by atoms with Crippen molar-refractivity contribution in [2.24, 2.45) is 0 Å². The van der Waals surface area contributed by atoms with E-state index < -0.39 is 6.10 Å². The number of aliphatic hydroxyl groups excluding tert-OH is 1. The van der Waals surface area contributed by atoms with Crippen molar-refractivity contribution in [1.29, 1.82) is 0 Å². The largest absolute Gasteiger partial charge is 0.467 e. The van der Waals surface area contributed by atoms with Crippen LogP contribution >= 0.6 is 0 Å². The molecule has 0 saturated heterocycles. The zero-order valence-electron chi connectivity index (χ0n) is 14.7. The number of furan rings is 1. The maximum Gasteiger partial charge on any atom is 0.267 e. The lowest BCUT2D eigenvalue weighted by Crippen LogP contribution is -2.40. The van der Waals surface area contributed by atoms with Crippen LogP contribution in [0.1, 0.15) is 36.9 Å². The second kappa shape index (κ2) is 7.95. The van der Waals surface area contributed by atoms with E-state index in [9.17, 15) is 9.90 Å². The number of rotatable bonds is 7. The van der Waals surface area contributed by atoms with Gasteiger partial charge in [-0.2, -0.15) is 5.10 Å². The normalized spacial score (nSPS) is 16.2. The van der Waals surface area contributed by atoms with E-state index in [0.717, 1.165) is 30.0 Å². The Bertz CT molecular complexity index is 739. The zero-order valence-corrected chi connectivity index (χ0v) is 14.7. The minimum absolute atomic E-state index is 0.0592. The Morgan fingerprint density at radius 1 is 1.44 bits per heavy atom. The summed E-state index contributed by atoms with van der Waals surface area (Å²) in [4.78, 5) is 14.2. The molecular weight excluding hydrogens is 322 g/mol. The molecule has 0 aliphatic carbocycles. The predicted molar refractivity (Wildman–Crippen MR) is 92.2 cm³/mol. The van der Waals surface area contributed by atoms with E-state index in [1.54, 1.807) is 12.3 Å². The van der Waals surface area contributed by atoms with E-state index in [2.05, 4.69) is 10.00 Å². The zero-order chi connectivity index (χ0) is 17.8. The number of hydrogen-bond donors (Lipinski definition) is 1. The summed E-state index contributed by atoms with van der Waals surface area (Å²) >= 11 is 0. The Morgan fingerprint density at radius 2 is 2.28 bits per heavy atom. The fourth-order valence-corrected chi connectivity index (χ4v) is 3.04. The van der Waals surface area contributed by atoms with Crippen LogP contribution in [0.5, 0.6) is 0 Å². The van der Waals surface area contributed by atoms with Crippen LogP contribution in [0.25, 0.3) is 0 Å². The van der Waals surface area contributed by atoms with Gasteiger partial charge in [-0.3, -0.25) is 9.69 Å². The smallest absolute Gasteiger partial charge is 0.267 e. The second-order valence-corrected chi connectivity index (χ2v) is 6.73. The first kappa shape index (κ1) is 17.8. The van der Waals surface area contributed by atoms with Crippen LogP contribution in [0.3, 0.4) is 0 Å². The molecule has 1 N–H and O–H groups in total. The Kier molecular flexibility index (Phi) is 5.67. The number of aromatic nitrogens is 2. The molecule has 0 fully saturated rings. The van der Waals surface area contributed by atoms with Gasteiger partial charge in [0.25, 0.3) is 5.56 Å². The molecule has 0 saturated carbocycles. The highest BCUT2D eigenvalue weighted by atomic mass is 16.5. The molecule has 1 atom stereocenters. The van der Waals surface area contributed by atoms with Gasteiger partial charge in [-0.05, 0) is 31.5 Å². The summed E-state index contributed by atoms with van der Waals surface area (Å²) in [5.74, 6) is 0.742. The summed E-state index contributed by atoms with van der Waals surface area (Å²) in [6.07, 6.45) is 1.80. The van der Waals surface area contributed by atoms with Gasteiger partial charge >= 0.3 is 0 Å². The van der Waals surface area contributed by atoms with Crippen molar-refractivity contribution in [3.63, 3.8) is 0 Å². The maximum atomic E-state index is 12.1. The fourth-order valence-electron chi connectivity index (χ4n) is 3.04. The molecule has 136 valence electrons. The van der Waals surface area contributed by atoms with Gasteiger partial charge in [-0.15, -0.1) is 0 Å². The summed E-state index contributed by atoms with van der Waals surface area (Å²) in [5.41, 5.74) is 1.86. The molecule has 2 aromatic rings. The van der Waals surface area contributed by atoms with Crippen molar-refractivity contribution < 1.29 is 14.3 Å². The first-order valence-corrected chi connectivity index (χ1v) is 8.65. The standard InChI is InChI=1S/C18H25N3O4/c1-13(2)21-18(23)8-14-9-20(6-5-17(14)19-21)10-15(22)11-24-12-16-4-3-7-25-16/h3-4,7-8,13,15,22H,5-6,9-12H2,1-2H3/t15-/m0/s1. The molecule has 0 amide bonds. The Balaban J connectivity index is 1.52. The van der Waals surface area contributed by atoms with E-state index in [-0.39, 0.29) is 18.2 Å². The van der Waals surface area contributed by atoms with E-state index in [1.807, 2.05) is 26.0 Å². The van der Waals surface area contributed by atoms with Crippen molar-refractivity contribution in [2.75, 3.05) is 19.7 Å². The maximum absolute atomic E-state index is 12.1.